The largest absolute Gasteiger partial charge is 0.476 e. The molecule has 0 saturated carbocycles. The van der Waals surface area contributed by atoms with Crippen LogP contribution in [-0.4, -0.2) is 37.1 Å². The fraction of sp³-hybridized carbons (Fsp3) is 0.100. The molecule has 0 atom stereocenters. The Kier molecular flexibility index (Phi) is 9.93. The molecule has 1 amide bonds. The highest BCUT2D eigenvalue weighted by atomic mass is 35.5. The Morgan fingerprint density at radius 2 is 1.40 bits per heavy atom. The highest BCUT2D eigenvalue weighted by Crippen LogP contribution is 2.40. The smallest absolute Gasteiger partial charge is 0.418 e. The lowest BCUT2D eigenvalue weighted by molar-refractivity contribution is -0.138. The van der Waals surface area contributed by atoms with E-state index in [1.54, 1.807) is 6.92 Å². The quantitative estimate of drug-likeness (QED) is 0.118. The molecule has 5 aromatic rings. The number of aromatic nitrogens is 4. The molecule has 5 rings (SSSR count). The van der Waals surface area contributed by atoms with E-state index in [0.717, 1.165) is 24.3 Å². The van der Waals surface area contributed by atoms with E-state index in [-0.39, 0.29) is 16.9 Å². The Hall–Kier alpha value is -5.71. The van der Waals surface area contributed by atoms with Gasteiger partial charge in [-0.2, -0.15) is 31.4 Å². The lowest BCUT2D eigenvalue weighted by Crippen LogP contribution is -2.19. The summed E-state index contributed by atoms with van der Waals surface area (Å²) < 4.78 is 92.7. The first-order chi connectivity index (χ1) is 22.4. The van der Waals surface area contributed by atoms with Crippen molar-refractivity contribution in [3.8, 4) is 22.5 Å². The van der Waals surface area contributed by atoms with E-state index < -0.39 is 75.3 Å². The van der Waals surface area contributed by atoms with Gasteiger partial charge in [-0.25, -0.2) is 19.2 Å². The number of benzene rings is 2. The number of anilines is 3. The van der Waals surface area contributed by atoms with Crippen molar-refractivity contribution in [3.05, 3.63) is 106 Å². The lowest BCUT2D eigenvalue weighted by atomic mass is 9.99. The summed E-state index contributed by atoms with van der Waals surface area (Å²) in [5, 5.41) is 17.8. The highest BCUT2D eigenvalue weighted by molar-refractivity contribution is 6.30. The number of pyridine rings is 2. The first-order valence-corrected chi connectivity index (χ1v) is 13.6. The van der Waals surface area contributed by atoms with Gasteiger partial charge in [-0.3, -0.25) is 9.89 Å². The third-order valence-electron chi connectivity index (χ3n) is 6.44. The second kappa shape index (κ2) is 13.6. The van der Waals surface area contributed by atoms with Crippen LogP contribution >= 0.6 is 11.6 Å². The molecule has 0 saturated heterocycles. The summed E-state index contributed by atoms with van der Waals surface area (Å²) in [6, 6.07) is 11.2. The molecular weight excluding hydrogens is 675 g/mol. The van der Waals surface area contributed by atoms with Crippen LogP contribution in [0.25, 0.3) is 22.5 Å². The summed E-state index contributed by atoms with van der Waals surface area (Å²) in [4.78, 5) is 30.8. The number of aromatic amines is 1. The number of amides is 1. The van der Waals surface area contributed by atoms with Gasteiger partial charge in [0, 0.05) is 22.2 Å². The Morgan fingerprint density at radius 3 is 1.92 bits per heavy atom. The molecule has 2 aromatic carbocycles. The molecule has 0 aliphatic rings. The molecule has 10 nitrogen and oxygen atoms in total. The van der Waals surface area contributed by atoms with E-state index >= 15 is 0 Å². The van der Waals surface area contributed by atoms with Crippen molar-refractivity contribution in [3.63, 3.8) is 0 Å². The molecule has 0 aliphatic carbocycles. The first-order valence-electron chi connectivity index (χ1n) is 13.2. The monoisotopic (exact) mass is 695 g/mol. The fourth-order valence-corrected chi connectivity index (χ4v) is 4.50. The van der Waals surface area contributed by atoms with Gasteiger partial charge in [-0.1, -0.05) is 17.7 Å². The number of aryl methyl sites for hydroxylation is 1. The number of carbonyl (C=O) groups excluding carboxylic acids is 1. The maximum atomic E-state index is 13.3. The van der Waals surface area contributed by atoms with E-state index in [4.69, 9.17) is 28.2 Å². The van der Waals surface area contributed by atoms with Crippen molar-refractivity contribution in [2.75, 3.05) is 16.8 Å². The number of hydrogen-bond acceptors (Lipinski definition) is 7. The second-order valence-electron chi connectivity index (χ2n) is 9.84. The minimum absolute atomic E-state index is 0.00526. The number of nitrogens with zero attached hydrogens (tertiary/aromatic N) is 3. The molecule has 3 aromatic heterocycles. The average molecular weight is 696 g/mol. The summed E-state index contributed by atoms with van der Waals surface area (Å²) >= 11 is 5.78. The van der Waals surface area contributed by atoms with Crippen LogP contribution in [-0.2, 0) is 12.4 Å². The van der Waals surface area contributed by atoms with Crippen LogP contribution in [0.2, 0.25) is 5.02 Å². The minimum atomic E-state index is -4.76. The van der Waals surface area contributed by atoms with Gasteiger partial charge in [0.25, 0.3) is 5.91 Å². The summed E-state index contributed by atoms with van der Waals surface area (Å²) in [6.07, 6.45) is -8.11. The van der Waals surface area contributed by atoms with Crippen LogP contribution in [0.5, 0.6) is 0 Å². The van der Waals surface area contributed by atoms with E-state index in [9.17, 15) is 40.3 Å². The second-order valence-corrected chi connectivity index (χ2v) is 10.3. The zero-order valence-electron chi connectivity index (χ0n) is 24.1. The van der Waals surface area contributed by atoms with E-state index in [1.807, 2.05) is 0 Å². The molecule has 0 fully saturated rings. The third-order valence-corrected chi connectivity index (χ3v) is 6.68. The predicted octanol–water partition coefficient (Wildman–Crippen LogP) is 7.47. The van der Waals surface area contributed by atoms with Crippen molar-refractivity contribution in [1.82, 2.24) is 20.2 Å². The number of hydrogen-bond donors (Lipinski definition) is 5. The fourth-order valence-electron chi connectivity index (χ4n) is 4.28. The Bertz CT molecular complexity index is 1980. The number of aromatic carboxylic acids is 1. The van der Waals surface area contributed by atoms with Crippen LogP contribution in [0, 0.1) is 12.7 Å². The zero-order chi connectivity index (χ0) is 35.6. The van der Waals surface area contributed by atoms with Gasteiger partial charge in [0.2, 0.25) is 0 Å². The summed E-state index contributed by atoms with van der Waals surface area (Å²) in [5.41, 5.74) is 6.29. The Labute approximate surface area is 270 Å². The van der Waals surface area contributed by atoms with Crippen molar-refractivity contribution in [2.45, 2.75) is 19.3 Å². The number of carbonyl (C=O) groups is 2. The number of carboxylic acid groups (broad SMARTS) is 1. The molecule has 250 valence electrons. The van der Waals surface area contributed by atoms with Crippen molar-refractivity contribution < 1.29 is 45.4 Å². The van der Waals surface area contributed by atoms with Gasteiger partial charge in [0.05, 0.1) is 40.1 Å². The molecule has 0 aliphatic heterocycles. The number of H-pyrrole nitrogens is 1. The molecule has 48 heavy (non-hydrogen) atoms. The lowest BCUT2D eigenvalue weighted by Gasteiger charge is -2.16. The average Bonchev–Trinajstić information content (AvgIpc) is 3.50. The van der Waals surface area contributed by atoms with Crippen LogP contribution in [0.15, 0.2) is 66.9 Å². The summed E-state index contributed by atoms with van der Waals surface area (Å²) in [7, 11) is 0. The van der Waals surface area contributed by atoms with Gasteiger partial charge in [-0.05, 0) is 61.0 Å². The van der Waals surface area contributed by atoms with E-state index in [2.05, 4.69) is 25.5 Å². The van der Waals surface area contributed by atoms with Gasteiger partial charge in [0.15, 0.2) is 11.4 Å². The van der Waals surface area contributed by atoms with Crippen molar-refractivity contribution in [1.29, 1.82) is 0 Å². The normalized spacial score (nSPS) is 11.4. The highest BCUT2D eigenvalue weighted by Gasteiger charge is 2.37. The topological polar surface area (TPSA) is 173 Å². The molecule has 18 heteroatoms. The number of carboxylic acids is 1. The molecular formula is C30H21ClF7N7O3. The number of alkyl halides is 6. The zero-order valence-corrected chi connectivity index (χ0v) is 24.9. The molecule has 7 N–H and O–H groups in total. The van der Waals surface area contributed by atoms with Gasteiger partial charge in [0.1, 0.15) is 11.6 Å². The number of nitrogen functional groups attached to an aromatic ring is 2. The Morgan fingerprint density at radius 1 is 0.833 bits per heavy atom. The minimum Gasteiger partial charge on any atom is -0.476 e. The Balaban J connectivity index is 0.000000220. The van der Waals surface area contributed by atoms with E-state index in [0.29, 0.717) is 22.7 Å². The SMILES string of the molecule is Cc1cc(Cl)ccc1-c1nc(C(=O)O)c(N)cc1C(F)(F)F.Nc1cc(C(F)(F)F)c(-c2ccc(F)cc2)nc1C(=O)Nc1ccn[nH]1. The van der Waals surface area contributed by atoms with Crippen molar-refractivity contribution >= 4 is 40.7 Å². The van der Waals surface area contributed by atoms with Crippen LogP contribution in [0.3, 0.4) is 0 Å². The molecule has 0 unspecified atom stereocenters. The predicted molar refractivity (Wildman–Crippen MR) is 161 cm³/mol. The third kappa shape index (κ3) is 7.98. The maximum absolute atomic E-state index is 13.3. The number of nitrogens with one attached hydrogen (secondary N) is 2. The first kappa shape index (κ1) is 35.1. The van der Waals surface area contributed by atoms with Crippen LogP contribution < -0.4 is 16.8 Å². The van der Waals surface area contributed by atoms with Gasteiger partial charge < -0.3 is 21.9 Å². The summed E-state index contributed by atoms with van der Waals surface area (Å²) in [6.45, 7) is 1.56. The van der Waals surface area contributed by atoms with Gasteiger partial charge >= 0.3 is 18.3 Å². The number of nitrogens with two attached hydrogens (primary N) is 2. The van der Waals surface area contributed by atoms with Crippen molar-refractivity contribution in [2.24, 2.45) is 0 Å². The van der Waals surface area contributed by atoms with Crippen LogP contribution in [0.1, 0.15) is 37.7 Å². The standard InChI is InChI=1S/C16H11F4N5O.C14H10ClF3N2O2/c17-9-3-1-8(2-4-9)13-10(16(18,19)20)7-11(21)14(24-13)15(26)23-12-5-6-22-25-12;1-6-4-7(15)2-3-8(6)11-9(14(16,17)18)5-10(19)12(20-11)13(21)22/h1-7H,21H2,(H2,22,23,25,26);2-5H,19H2,1H3,(H,21,22). The molecule has 0 spiro atoms. The molecule has 0 bridgehead atoms. The summed E-state index contributed by atoms with van der Waals surface area (Å²) in [5.74, 6) is -2.71. The van der Waals surface area contributed by atoms with Crippen LogP contribution in [0.4, 0.5) is 47.9 Å². The molecule has 3 heterocycles. The molecule has 0 radical (unpaired) electrons. The number of halogens is 8. The number of rotatable bonds is 5. The van der Waals surface area contributed by atoms with Gasteiger partial charge in [-0.15, -0.1) is 0 Å². The van der Waals surface area contributed by atoms with E-state index in [1.165, 1.54) is 30.5 Å². The maximum Gasteiger partial charge on any atom is 0.418 e.